The van der Waals surface area contributed by atoms with Gasteiger partial charge in [-0.05, 0) is 49.2 Å². The lowest BCUT2D eigenvalue weighted by atomic mass is 10.1. The van der Waals surface area contributed by atoms with E-state index in [4.69, 9.17) is 0 Å². The predicted octanol–water partition coefficient (Wildman–Crippen LogP) is 4.02. The van der Waals surface area contributed by atoms with Gasteiger partial charge in [-0.2, -0.15) is 13.2 Å². The van der Waals surface area contributed by atoms with Gasteiger partial charge >= 0.3 is 6.18 Å². The summed E-state index contributed by atoms with van der Waals surface area (Å²) in [5, 5.41) is 0. The van der Waals surface area contributed by atoms with Crippen LogP contribution in [0, 0.1) is 0 Å². The molecular weight excluding hydrogens is 393 g/mol. The minimum absolute atomic E-state index is 0.0512. The standard InChI is InChI=1S/C22H21F3N4O/c23-22(24,25)15-5-7-16(8-6-15)29-10-1-2-17(29)12-28-11-9-19-18(13-28)21(30)27-20(26-19)14-3-4-14/h1-2,5-8,10,14H,3-4,9,11-13H2,(H,26,27,30). The summed E-state index contributed by atoms with van der Waals surface area (Å²) in [5.74, 6) is 1.23. The van der Waals surface area contributed by atoms with Crippen LogP contribution in [0.25, 0.3) is 5.69 Å². The summed E-state index contributed by atoms with van der Waals surface area (Å²) in [7, 11) is 0. The molecule has 0 bridgehead atoms. The van der Waals surface area contributed by atoms with Crippen LogP contribution in [0.5, 0.6) is 0 Å². The summed E-state index contributed by atoms with van der Waals surface area (Å²) in [6.45, 7) is 1.89. The zero-order valence-corrected chi connectivity index (χ0v) is 16.2. The maximum absolute atomic E-state index is 12.8. The second-order valence-electron chi connectivity index (χ2n) is 8.03. The van der Waals surface area contributed by atoms with Gasteiger partial charge in [0.25, 0.3) is 5.56 Å². The van der Waals surface area contributed by atoms with Crippen LogP contribution >= 0.6 is 0 Å². The molecule has 5 nitrogen and oxygen atoms in total. The lowest BCUT2D eigenvalue weighted by molar-refractivity contribution is -0.137. The molecule has 2 aromatic heterocycles. The number of H-pyrrole nitrogens is 1. The van der Waals surface area contributed by atoms with Crippen molar-refractivity contribution >= 4 is 0 Å². The lowest BCUT2D eigenvalue weighted by Gasteiger charge is -2.28. The normalized spacial score (nSPS) is 17.2. The molecule has 5 rings (SSSR count). The van der Waals surface area contributed by atoms with E-state index in [1.807, 2.05) is 22.9 Å². The predicted molar refractivity (Wildman–Crippen MR) is 105 cm³/mol. The summed E-state index contributed by atoms with van der Waals surface area (Å²) < 4.78 is 40.4. The Labute approximate surface area is 171 Å². The van der Waals surface area contributed by atoms with Crippen LogP contribution in [-0.4, -0.2) is 26.0 Å². The molecule has 0 atom stereocenters. The highest BCUT2D eigenvalue weighted by Crippen LogP contribution is 2.38. The van der Waals surface area contributed by atoms with Gasteiger partial charge in [-0.25, -0.2) is 4.98 Å². The zero-order chi connectivity index (χ0) is 20.9. The Morgan fingerprint density at radius 3 is 2.60 bits per heavy atom. The Morgan fingerprint density at radius 2 is 1.90 bits per heavy atom. The van der Waals surface area contributed by atoms with Gasteiger partial charge in [-0.3, -0.25) is 9.69 Å². The average Bonchev–Trinajstić information content (AvgIpc) is 3.47. The molecule has 0 amide bonds. The van der Waals surface area contributed by atoms with Gasteiger partial charge in [0, 0.05) is 49.6 Å². The maximum Gasteiger partial charge on any atom is 0.416 e. The van der Waals surface area contributed by atoms with Crippen molar-refractivity contribution in [3.63, 3.8) is 0 Å². The molecule has 156 valence electrons. The first-order valence-electron chi connectivity index (χ1n) is 10.1. The molecule has 2 aliphatic rings. The van der Waals surface area contributed by atoms with Gasteiger partial charge in [0.2, 0.25) is 0 Å². The Hall–Kier alpha value is -2.87. The number of aromatic nitrogens is 3. The van der Waals surface area contributed by atoms with E-state index >= 15 is 0 Å². The average molecular weight is 414 g/mol. The van der Waals surface area contributed by atoms with Crippen molar-refractivity contribution in [1.29, 1.82) is 0 Å². The number of rotatable bonds is 4. The fourth-order valence-electron chi connectivity index (χ4n) is 4.02. The lowest BCUT2D eigenvalue weighted by Crippen LogP contribution is -2.36. The van der Waals surface area contributed by atoms with E-state index in [1.54, 1.807) is 0 Å². The van der Waals surface area contributed by atoms with Gasteiger partial charge < -0.3 is 9.55 Å². The number of hydrogen-bond acceptors (Lipinski definition) is 3. The van der Waals surface area contributed by atoms with Crippen LogP contribution in [0.15, 0.2) is 47.4 Å². The van der Waals surface area contributed by atoms with E-state index in [1.165, 1.54) is 12.1 Å². The van der Waals surface area contributed by atoms with E-state index in [9.17, 15) is 18.0 Å². The zero-order valence-electron chi connectivity index (χ0n) is 16.2. The minimum Gasteiger partial charge on any atom is -0.320 e. The molecule has 30 heavy (non-hydrogen) atoms. The second-order valence-corrected chi connectivity index (χ2v) is 8.03. The van der Waals surface area contributed by atoms with Gasteiger partial charge in [0.15, 0.2) is 0 Å². The quantitative estimate of drug-likeness (QED) is 0.702. The van der Waals surface area contributed by atoms with Gasteiger partial charge in [0.1, 0.15) is 5.82 Å². The van der Waals surface area contributed by atoms with Crippen molar-refractivity contribution in [3.8, 4) is 5.69 Å². The third kappa shape index (κ3) is 3.67. The van der Waals surface area contributed by atoms with Crippen LogP contribution in [0.2, 0.25) is 0 Å². The Morgan fingerprint density at radius 1 is 1.13 bits per heavy atom. The van der Waals surface area contributed by atoms with E-state index in [2.05, 4.69) is 14.9 Å². The Bertz CT molecular complexity index is 1130. The fourth-order valence-corrected chi connectivity index (χ4v) is 4.02. The van der Waals surface area contributed by atoms with Gasteiger partial charge in [-0.15, -0.1) is 0 Å². The molecule has 1 N–H and O–H groups in total. The smallest absolute Gasteiger partial charge is 0.320 e. The molecule has 0 spiro atoms. The topological polar surface area (TPSA) is 53.9 Å². The van der Waals surface area contributed by atoms with Gasteiger partial charge in [0.05, 0.1) is 16.8 Å². The third-order valence-electron chi connectivity index (χ3n) is 5.82. The number of hydrogen-bond donors (Lipinski definition) is 1. The maximum atomic E-state index is 12.8. The molecule has 3 aromatic rings. The highest BCUT2D eigenvalue weighted by Gasteiger charge is 2.30. The summed E-state index contributed by atoms with van der Waals surface area (Å²) in [6, 6.07) is 8.97. The number of alkyl halides is 3. The van der Waals surface area contributed by atoms with Gasteiger partial charge in [-0.1, -0.05) is 0 Å². The summed E-state index contributed by atoms with van der Waals surface area (Å²) in [4.78, 5) is 22.3. The molecule has 1 saturated carbocycles. The first kappa shape index (κ1) is 19.1. The highest BCUT2D eigenvalue weighted by atomic mass is 19.4. The molecule has 3 heterocycles. The molecule has 0 radical (unpaired) electrons. The number of nitrogens with one attached hydrogen (secondary N) is 1. The fraction of sp³-hybridized carbons (Fsp3) is 0.364. The Balaban J connectivity index is 1.34. The summed E-state index contributed by atoms with van der Waals surface area (Å²) in [6.07, 6.45) is 0.398. The van der Waals surface area contributed by atoms with Crippen molar-refractivity contribution in [1.82, 2.24) is 19.4 Å². The number of nitrogens with zero attached hydrogens (tertiary/aromatic N) is 3. The van der Waals surface area contributed by atoms with E-state index < -0.39 is 11.7 Å². The van der Waals surface area contributed by atoms with E-state index in [-0.39, 0.29) is 5.56 Å². The first-order chi connectivity index (χ1) is 14.4. The van der Waals surface area contributed by atoms with Crippen molar-refractivity contribution in [2.24, 2.45) is 0 Å². The van der Waals surface area contributed by atoms with Crippen molar-refractivity contribution in [2.45, 2.75) is 44.4 Å². The number of aromatic amines is 1. The van der Waals surface area contributed by atoms with E-state index in [0.717, 1.165) is 60.7 Å². The van der Waals surface area contributed by atoms with E-state index in [0.29, 0.717) is 24.7 Å². The number of halogens is 3. The highest BCUT2D eigenvalue weighted by molar-refractivity contribution is 5.38. The van der Waals surface area contributed by atoms with Crippen LogP contribution in [0.3, 0.4) is 0 Å². The Kier molecular flexibility index (Phi) is 4.54. The van der Waals surface area contributed by atoms with Crippen LogP contribution in [-0.2, 0) is 25.7 Å². The SMILES string of the molecule is O=c1[nH]c(C2CC2)nc2c1CN(Cc1cccn1-c1ccc(C(F)(F)F)cc1)CC2. The molecule has 1 aliphatic carbocycles. The summed E-state index contributed by atoms with van der Waals surface area (Å²) in [5.41, 5.74) is 2.54. The number of fused-ring (bicyclic) bond motifs is 1. The minimum atomic E-state index is -4.35. The molecule has 8 heteroatoms. The monoisotopic (exact) mass is 414 g/mol. The molecule has 1 aliphatic heterocycles. The molecule has 1 aromatic carbocycles. The van der Waals surface area contributed by atoms with Crippen molar-refractivity contribution < 1.29 is 13.2 Å². The summed E-state index contributed by atoms with van der Waals surface area (Å²) >= 11 is 0. The van der Waals surface area contributed by atoms with Crippen molar-refractivity contribution in [3.05, 3.63) is 81.3 Å². The molecule has 1 fully saturated rings. The largest absolute Gasteiger partial charge is 0.416 e. The second kappa shape index (κ2) is 7.12. The van der Waals surface area contributed by atoms with Crippen molar-refractivity contribution in [2.75, 3.05) is 6.54 Å². The molecule has 0 saturated heterocycles. The molecular formula is C22H21F3N4O. The van der Waals surface area contributed by atoms with Crippen LogP contribution in [0.4, 0.5) is 13.2 Å². The number of benzene rings is 1. The van der Waals surface area contributed by atoms with Crippen LogP contribution < -0.4 is 5.56 Å². The third-order valence-corrected chi connectivity index (χ3v) is 5.82. The van der Waals surface area contributed by atoms with Crippen LogP contribution in [0.1, 0.15) is 47.1 Å². The first-order valence-corrected chi connectivity index (χ1v) is 10.1. The molecule has 0 unspecified atom stereocenters.